The Kier molecular flexibility index (Phi) is 2.95. The van der Waals surface area contributed by atoms with E-state index in [2.05, 4.69) is 4.98 Å². The molecule has 5 heteroatoms. The standard InChI is InChI=1S/C15H10F2N2O/c16-12-4-3-11(8-13(12)17)20-15-6-1-9-7-10(18)2-5-14(9)19-15/h1-8H,18H2. The maximum atomic E-state index is 13.1. The number of hydrogen-bond donors (Lipinski definition) is 1. The first-order valence-corrected chi connectivity index (χ1v) is 5.91. The highest BCUT2D eigenvalue weighted by atomic mass is 19.2. The van der Waals surface area contributed by atoms with E-state index in [0.717, 1.165) is 17.5 Å². The summed E-state index contributed by atoms with van der Waals surface area (Å²) in [7, 11) is 0. The minimum absolute atomic E-state index is 0.186. The van der Waals surface area contributed by atoms with Crippen LogP contribution < -0.4 is 10.5 Å². The summed E-state index contributed by atoms with van der Waals surface area (Å²) in [4.78, 5) is 4.27. The third-order valence-electron chi connectivity index (χ3n) is 2.80. The molecular weight excluding hydrogens is 262 g/mol. The number of hydrogen-bond acceptors (Lipinski definition) is 3. The summed E-state index contributed by atoms with van der Waals surface area (Å²) in [5.41, 5.74) is 7.03. The molecule has 3 aromatic rings. The van der Waals surface area contributed by atoms with Crippen molar-refractivity contribution in [3.8, 4) is 11.6 Å². The lowest BCUT2D eigenvalue weighted by molar-refractivity contribution is 0.449. The van der Waals surface area contributed by atoms with E-state index in [1.807, 2.05) is 0 Å². The number of anilines is 1. The molecule has 0 saturated heterocycles. The van der Waals surface area contributed by atoms with Crippen molar-refractivity contribution in [3.63, 3.8) is 0 Å². The Bertz CT molecular complexity index is 790. The van der Waals surface area contributed by atoms with E-state index < -0.39 is 11.6 Å². The molecule has 0 bridgehead atoms. The van der Waals surface area contributed by atoms with E-state index in [1.54, 1.807) is 30.3 Å². The molecule has 0 amide bonds. The zero-order chi connectivity index (χ0) is 14.1. The van der Waals surface area contributed by atoms with E-state index in [0.29, 0.717) is 17.1 Å². The van der Waals surface area contributed by atoms with Crippen molar-refractivity contribution in [1.29, 1.82) is 0 Å². The minimum Gasteiger partial charge on any atom is -0.439 e. The molecule has 2 aromatic carbocycles. The maximum Gasteiger partial charge on any atom is 0.219 e. The number of nitrogen functional groups attached to an aromatic ring is 1. The molecule has 0 radical (unpaired) electrons. The molecule has 0 unspecified atom stereocenters. The van der Waals surface area contributed by atoms with Crippen LogP contribution in [0.3, 0.4) is 0 Å². The molecule has 0 fully saturated rings. The fraction of sp³-hybridized carbons (Fsp3) is 0. The van der Waals surface area contributed by atoms with Gasteiger partial charge in [0.15, 0.2) is 11.6 Å². The van der Waals surface area contributed by atoms with Crippen molar-refractivity contribution in [2.75, 3.05) is 5.73 Å². The molecule has 100 valence electrons. The summed E-state index contributed by atoms with van der Waals surface area (Å²) in [6, 6.07) is 12.1. The van der Waals surface area contributed by atoms with Crippen LogP contribution in [0.1, 0.15) is 0 Å². The number of halogens is 2. The van der Waals surface area contributed by atoms with Gasteiger partial charge in [-0.25, -0.2) is 13.8 Å². The van der Waals surface area contributed by atoms with Crippen LogP contribution in [0.25, 0.3) is 10.9 Å². The van der Waals surface area contributed by atoms with Crippen LogP contribution in [-0.4, -0.2) is 4.98 Å². The summed E-state index contributed by atoms with van der Waals surface area (Å²) < 4.78 is 31.3. The zero-order valence-corrected chi connectivity index (χ0v) is 10.3. The summed E-state index contributed by atoms with van der Waals surface area (Å²) in [5, 5.41) is 0.877. The van der Waals surface area contributed by atoms with Gasteiger partial charge in [-0.15, -0.1) is 0 Å². The fourth-order valence-electron chi connectivity index (χ4n) is 1.84. The van der Waals surface area contributed by atoms with Crippen molar-refractivity contribution in [3.05, 3.63) is 60.2 Å². The number of nitrogens with zero attached hydrogens (tertiary/aromatic N) is 1. The van der Waals surface area contributed by atoms with Crippen molar-refractivity contribution in [2.45, 2.75) is 0 Å². The number of pyridine rings is 1. The lowest BCUT2D eigenvalue weighted by Gasteiger charge is -2.06. The SMILES string of the molecule is Nc1ccc2nc(Oc3ccc(F)c(F)c3)ccc2c1. The van der Waals surface area contributed by atoms with Gasteiger partial charge in [-0.05, 0) is 36.4 Å². The van der Waals surface area contributed by atoms with Crippen molar-refractivity contribution < 1.29 is 13.5 Å². The highest BCUT2D eigenvalue weighted by molar-refractivity contribution is 5.82. The average molecular weight is 272 g/mol. The second-order valence-electron chi connectivity index (χ2n) is 4.28. The number of ether oxygens (including phenoxy) is 1. The first-order valence-electron chi connectivity index (χ1n) is 5.91. The van der Waals surface area contributed by atoms with Crippen molar-refractivity contribution in [1.82, 2.24) is 4.98 Å². The second-order valence-corrected chi connectivity index (χ2v) is 4.28. The molecule has 20 heavy (non-hydrogen) atoms. The summed E-state index contributed by atoms with van der Waals surface area (Å²) in [5.74, 6) is -1.39. The van der Waals surface area contributed by atoms with Crippen LogP contribution in [0.15, 0.2) is 48.5 Å². The highest BCUT2D eigenvalue weighted by Crippen LogP contribution is 2.24. The van der Waals surface area contributed by atoms with Gasteiger partial charge < -0.3 is 10.5 Å². The van der Waals surface area contributed by atoms with Crippen LogP contribution >= 0.6 is 0 Å². The summed E-state index contributed by atoms with van der Waals surface area (Å²) >= 11 is 0. The monoisotopic (exact) mass is 272 g/mol. The Morgan fingerprint density at radius 2 is 1.75 bits per heavy atom. The number of aromatic nitrogens is 1. The fourth-order valence-corrected chi connectivity index (χ4v) is 1.84. The lowest BCUT2D eigenvalue weighted by atomic mass is 10.2. The van der Waals surface area contributed by atoms with E-state index in [4.69, 9.17) is 10.5 Å². The number of rotatable bonds is 2. The topological polar surface area (TPSA) is 48.1 Å². The van der Waals surface area contributed by atoms with Gasteiger partial charge in [0.05, 0.1) is 5.52 Å². The van der Waals surface area contributed by atoms with Gasteiger partial charge in [0, 0.05) is 23.2 Å². The van der Waals surface area contributed by atoms with Gasteiger partial charge in [-0.1, -0.05) is 0 Å². The van der Waals surface area contributed by atoms with Crippen molar-refractivity contribution in [2.24, 2.45) is 0 Å². The third-order valence-corrected chi connectivity index (χ3v) is 2.80. The Hall–Kier alpha value is -2.69. The van der Waals surface area contributed by atoms with E-state index in [9.17, 15) is 8.78 Å². The van der Waals surface area contributed by atoms with Crippen LogP contribution in [0.4, 0.5) is 14.5 Å². The van der Waals surface area contributed by atoms with Gasteiger partial charge in [-0.2, -0.15) is 0 Å². The molecule has 0 aliphatic carbocycles. The molecule has 3 nitrogen and oxygen atoms in total. The first-order chi connectivity index (χ1) is 9.61. The Morgan fingerprint density at radius 1 is 0.900 bits per heavy atom. The van der Waals surface area contributed by atoms with E-state index in [1.165, 1.54) is 6.07 Å². The van der Waals surface area contributed by atoms with Gasteiger partial charge in [0.25, 0.3) is 0 Å². The lowest BCUT2D eigenvalue weighted by Crippen LogP contribution is -1.91. The van der Waals surface area contributed by atoms with Gasteiger partial charge >= 0.3 is 0 Å². The predicted molar refractivity (Wildman–Crippen MR) is 72.6 cm³/mol. The largest absolute Gasteiger partial charge is 0.439 e. The summed E-state index contributed by atoms with van der Waals surface area (Å²) in [6.07, 6.45) is 0. The highest BCUT2D eigenvalue weighted by Gasteiger charge is 2.06. The molecule has 0 aliphatic heterocycles. The molecule has 0 spiro atoms. The smallest absolute Gasteiger partial charge is 0.219 e. The van der Waals surface area contributed by atoms with Crippen LogP contribution in [-0.2, 0) is 0 Å². The van der Waals surface area contributed by atoms with Gasteiger partial charge in [-0.3, -0.25) is 0 Å². The number of fused-ring (bicyclic) bond motifs is 1. The molecule has 2 N–H and O–H groups in total. The first kappa shape index (κ1) is 12.3. The van der Waals surface area contributed by atoms with Crippen LogP contribution in [0.5, 0.6) is 11.6 Å². The Balaban J connectivity index is 1.94. The van der Waals surface area contributed by atoms with Gasteiger partial charge in [0.1, 0.15) is 5.75 Å². The maximum absolute atomic E-state index is 13.1. The molecule has 0 atom stereocenters. The molecule has 3 rings (SSSR count). The average Bonchev–Trinajstić information content (AvgIpc) is 2.43. The molecule has 1 aromatic heterocycles. The second kappa shape index (κ2) is 4.77. The number of nitrogens with two attached hydrogens (primary N) is 1. The minimum atomic E-state index is -0.962. The van der Waals surface area contributed by atoms with Crippen molar-refractivity contribution >= 4 is 16.6 Å². The quantitative estimate of drug-likeness (QED) is 0.720. The van der Waals surface area contributed by atoms with E-state index in [-0.39, 0.29) is 5.75 Å². The number of benzene rings is 2. The third kappa shape index (κ3) is 2.38. The normalized spacial score (nSPS) is 10.7. The van der Waals surface area contributed by atoms with Crippen LogP contribution in [0, 0.1) is 11.6 Å². The molecule has 1 heterocycles. The van der Waals surface area contributed by atoms with E-state index >= 15 is 0 Å². The molecule has 0 saturated carbocycles. The predicted octanol–water partition coefficient (Wildman–Crippen LogP) is 3.89. The zero-order valence-electron chi connectivity index (χ0n) is 10.3. The Labute approximate surface area is 113 Å². The van der Waals surface area contributed by atoms with Gasteiger partial charge in [0.2, 0.25) is 5.88 Å². The summed E-state index contributed by atoms with van der Waals surface area (Å²) in [6.45, 7) is 0. The molecule has 0 aliphatic rings. The Morgan fingerprint density at radius 3 is 2.55 bits per heavy atom. The van der Waals surface area contributed by atoms with Crippen LogP contribution in [0.2, 0.25) is 0 Å². The molecular formula is C15H10F2N2O.